The van der Waals surface area contributed by atoms with E-state index in [4.69, 9.17) is 53.6 Å². The first-order valence-corrected chi connectivity index (χ1v) is 17.0. The molecule has 10 N–H and O–H groups in total. The largest absolute Gasteiger partial charge is 0.370 e. The van der Waals surface area contributed by atoms with E-state index in [0.717, 1.165) is 32.9 Å². The highest BCUT2D eigenvalue weighted by atomic mass is 32.2. The average molecular weight is 687 g/mol. The fourth-order valence-electron chi connectivity index (χ4n) is 3.55. The molecule has 2 heterocycles. The molecule has 0 aliphatic heterocycles. The standard InChI is InChI=1S/2C14H24N4S.2NO3/c2*1-2-3-4-5-6-7-10-19-13-9-8-12(11-17-13)18-14(15)16;2*2-1(3)4/h2*8-9,11H,2-7,10H2,1H3,(H4,15,16,18);;/q;;2*-1/p+2. The maximum Gasteiger partial charge on any atom is 0.238 e. The van der Waals surface area contributed by atoms with E-state index >= 15 is 0 Å². The summed E-state index contributed by atoms with van der Waals surface area (Å²) in [6.45, 7) is 4.50. The van der Waals surface area contributed by atoms with Crippen molar-refractivity contribution in [1.29, 1.82) is 0 Å². The lowest BCUT2D eigenvalue weighted by atomic mass is 10.1. The number of aromatic amines is 2. The lowest BCUT2D eigenvalue weighted by Gasteiger charge is -1.99. The molecule has 0 radical (unpaired) electrons. The number of rotatable bonds is 18. The SMILES string of the molecule is CCCCCCCCSc1ccc(N=C(N)N)c[nH+]1.CCCCCCCCSc1ccc(N=C(N)N)c[nH+]1.O=[N+]([O-])[O-].O=[N+]([O-])[O-]. The topological polar surface area (TPSA) is 289 Å². The van der Waals surface area contributed by atoms with E-state index < -0.39 is 10.2 Å². The van der Waals surface area contributed by atoms with Gasteiger partial charge in [0.2, 0.25) is 10.1 Å². The van der Waals surface area contributed by atoms with E-state index in [1.165, 1.54) is 77.0 Å². The Bertz CT molecular complexity index is 1010. The zero-order valence-corrected chi connectivity index (χ0v) is 28.4. The van der Waals surface area contributed by atoms with Gasteiger partial charge in [-0.1, -0.05) is 102 Å². The number of nitrogens with one attached hydrogen (secondary N) is 2. The van der Waals surface area contributed by atoms with Crippen molar-refractivity contribution in [3.8, 4) is 0 Å². The van der Waals surface area contributed by atoms with Gasteiger partial charge in [0.15, 0.2) is 24.3 Å². The van der Waals surface area contributed by atoms with Crippen molar-refractivity contribution >= 4 is 46.8 Å². The number of H-pyrrole nitrogens is 2. The maximum absolute atomic E-state index is 8.25. The lowest BCUT2D eigenvalue weighted by Crippen LogP contribution is -2.22. The van der Waals surface area contributed by atoms with Crippen molar-refractivity contribution in [1.82, 2.24) is 0 Å². The Morgan fingerprint density at radius 3 is 1.17 bits per heavy atom. The van der Waals surface area contributed by atoms with Gasteiger partial charge < -0.3 is 53.6 Å². The predicted octanol–water partition coefficient (Wildman–Crippen LogP) is 5.24. The van der Waals surface area contributed by atoms with Crippen molar-refractivity contribution < 1.29 is 20.1 Å². The van der Waals surface area contributed by atoms with Crippen molar-refractivity contribution in [2.75, 3.05) is 11.5 Å². The third-order valence-electron chi connectivity index (χ3n) is 5.56. The molecular formula is C28H50N10O6S2. The zero-order valence-electron chi connectivity index (χ0n) is 26.7. The van der Waals surface area contributed by atoms with Gasteiger partial charge in [-0.25, -0.2) is 20.0 Å². The number of aliphatic imine (C=N–C) groups is 2. The molecule has 0 atom stereocenters. The maximum atomic E-state index is 8.25. The molecule has 0 unspecified atom stereocenters. The van der Waals surface area contributed by atoms with Crippen molar-refractivity contribution in [2.45, 2.75) is 101 Å². The highest BCUT2D eigenvalue weighted by molar-refractivity contribution is 7.99. The van der Waals surface area contributed by atoms with Crippen LogP contribution in [-0.4, -0.2) is 33.6 Å². The molecule has 2 rings (SSSR count). The summed E-state index contributed by atoms with van der Waals surface area (Å²) in [5, 5.41) is 31.8. The molecule has 46 heavy (non-hydrogen) atoms. The molecule has 0 aliphatic rings. The molecule has 0 saturated heterocycles. The molecule has 0 bridgehead atoms. The molecular weight excluding hydrogens is 637 g/mol. The van der Waals surface area contributed by atoms with Crippen LogP contribution >= 0.6 is 23.5 Å². The van der Waals surface area contributed by atoms with Gasteiger partial charge in [0, 0.05) is 23.6 Å². The van der Waals surface area contributed by atoms with Crippen LogP contribution in [0.4, 0.5) is 11.4 Å². The Morgan fingerprint density at radius 1 is 0.609 bits per heavy atom. The van der Waals surface area contributed by atoms with Crippen molar-refractivity contribution in [3.63, 3.8) is 0 Å². The Balaban J connectivity index is 0. The number of nitrogens with zero attached hydrogens (tertiary/aromatic N) is 4. The Hall–Kier alpha value is -4.06. The second kappa shape index (κ2) is 30.9. The monoisotopic (exact) mass is 686 g/mol. The number of hydrogen-bond acceptors (Lipinski definition) is 10. The van der Waals surface area contributed by atoms with Gasteiger partial charge in [-0.2, -0.15) is 0 Å². The summed E-state index contributed by atoms with van der Waals surface area (Å²) in [6, 6.07) is 7.87. The second-order valence-corrected chi connectivity index (χ2v) is 11.8. The van der Waals surface area contributed by atoms with Crippen LogP contribution in [0, 0.1) is 30.6 Å². The van der Waals surface area contributed by atoms with Gasteiger partial charge in [-0.05, 0) is 25.0 Å². The minimum absolute atomic E-state index is 0.0842. The van der Waals surface area contributed by atoms with E-state index in [9.17, 15) is 0 Å². The first-order valence-electron chi connectivity index (χ1n) is 15.0. The molecule has 260 valence electrons. The van der Waals surface area contributed by atoms with Crippen LogP contribution in [0.25, 0.3) is 0 Å². The van der Waals surface area contributed by atoms with Gasteiger partial charge in [-0.15, -0.1) is 0 Å². The normalized spacial score (nSPS) is 9.61. The minimum Gasteiger partial charge on any atom is -0.370 e. The number of guanidine groups is 2. The van der Waals surface area contributed by atoms with E-state index in [1.807, 2.05) is 60.2 Å². The van der Waals surface area contributed by atoms with Gasteiger partial charge in [0.05, 0.1) is 10.2 Å². The van der Waals surface area contributed by atoms with Gasteiger partial charge in [-0.3, -0.25) is 0 Å². The molecule has 0 aromatic carbocycles. The minimum atomic E-state index is -1.75. The summed E-state index contributed by atoms with van der Waals surface area (Å²) in [5.41, 5.74) is 22.8. The number of nitrogens with two attached hydrogens (primary N) is 4. The van der Waals surface area contributed by atoms with Crippen LogP contribution < -0.4 is 32.9 Å². The third-order valence-corrected chi connectivity index (χ3v) is 7.68. The second-order valence-electron chi connectivity index (χ2n) is 9.58. The lowest BCUT2D eigenvalue weighted by molar-refractivity contribution is -0.426. The first-order chi connectivity index (χ1) is 21.9. The van der Waals surface area contributed by atoms with Crippen LogP contribution in [0.1, 0.15) is 90.9 Å². The molecule has 18 heteroatoms. The van der Waals surface area contributed by atoms with Crippen LogP contribution in [0.3, 0.4) is 0 Å². The van der Waals surface area contributed by atoms with Crippen LogP contribution in [0.2, 0.25) is 0 Å². The Labute approximate surface area is 279 Å². The Kier molecular flexibility index (Phi) is 29.6. The summed E-state index contributed by atoms with van der Waals surface area (Å²) >= 11 is 3.69. The van der Waals surface area contributed by atoms with Crippen LogP contribution in [-0.2, 0) is 0 Å². The highest BCUT2D eigenvalue weighted by Gasteiger charge is 2.04. The van der Waals surface area contributed by atoms with Crippen LogP contribution in [0.15, 0.2) is 56.7 Å². The van der Waals surface area contributed by atoms with Crippen molar-refractivity contribution in [2.24, 2.45) is 32.9 Å². The van der Waals surface area contributed by atoms with E-state index in [2.05, 4.69) is 33.8 Å². The molecule has 2 aromatic heterocycles. The molecule has 0 aliphatic carbocycles. The fourth-order valence-corrected chi connectivity index (χ4v) is 5.30. The van der Waals surface area contributed by atoms with Gasteiger partial charge >= 0.3 is 0 Å². The molecule has 0 saturated carbocycles. The fraction of sp³-hybridized carbons (Fsp3) is 0.571. The number of aromatic nitrogens is 2. The average Bonchev–Trinajstić information content (AvgIpc) is 2.97. The highest BCUT2D eigenvalue weighted by Crippen LogP contribution is 2.19. The molecule has 0 spiro atoms. The summed E-state index contributed by atoms with van der Waals surface area (Å²) in [6.07, 6.45) is 19.7. The quantitative estimate of drug-likeness (QED) is 0.0391. The molecule has 0 amide bonds. The third kappa shape index (κ3) is 34.4. The smallest absolute Gasteiger partial charge is 0.238 e. The predicted molar refractivity (Wildman–Crippen MR) is 186 cm³/mol. The van der Waals surface area contributed by atoms with Crippen LogP contribution in [0.5, 0.6) is 0 Å². The summed E-state index contributed by atoms with van der Waals surface area (Å²) in [4.78, 5) is 30.8. The Morgan fingerprint density at radius 2 is 0.913 bits per heavy atom. The van der Waals surface area contributed by atoms with Gasteiger partial charge in [0.1, 0.15) is 11.4 Å². The number of pyridine rings is 2. The first kappa shape index (κ1) is 44.1. The van der Waals surface area contributed by atoms with E-state index in [-0.39, 0.29) is 11.9 Å². The van der Waals surface area contributed by atoms with Crippen molar-refractivity contribution in [3.05, 3.63) is 67.3 Å². The number of thioether (sulfide) groups is 2. The van der Waals surface area contributed by atoms with Gasteiger partial charge in [0.25, 0.3) is 0 Å². The van der Waals surface area contributed by atoms with E-state index in [0.29, 0.717) is 0 Å². The molecule has 2 aromatic rings. The summed E-state index contributed by atoms with van der Waals surface area (Å²) < 4.78 is 0. The van der Waals surface area contributed by atoms with E-state index in [1.54, 1.807) is 0 Å². The zero-order chi connectivity index (χ0) is 35.0. The number of unbranched alkanes of at least 4 members (excludes halogenated alkanes) is 10. The summed E-state index contributed by atoms with van der Waals surface area (Å²) in [7, 11) is 0. The molecule has 16 nitrogen and oxygen atoms in total. The molecule has 0 fully saturated rings. The number of hydrogen-bond donors (Lipinski definition) is 4. The summed E-state index contributed by atoms with van der Waals surface area (Å²) in [5.74, 6) is 2.48.